The average molecular weight is 312 g/mol. The van der Waals surface area contributed by atoms with Gasteiger partial charge in [-0.25, -0.2) is 4.68 Å². The van der Waals surface area contributed by atoms with Crippen molar-refractivity contribution in [3.8, 4) is 0 Å². The van der Waals surface area contributed by atoms with Crippen molar-refractivity contribution in [2.24, 2.45) is 0 Å². The summed E-state index contributed by atoms with van der Waals surface area (Å²) in [6.07, 6.45) is 2.39. The predicted octanol–water partition coefficient (Wildman–Crippen LogP) is 3.22. The van der Waals surface area contributed by atoms with Crippen LogP contribution >= 0.6 is 23.2 Å². The minimum absolute atomic E-state index is 0.179. The molecule has 0 radical (unpaired) electrons. The summed E-state index contributed by atoms with van der Waals surface area (Å²) in [5.74, 6) is 0. The third kappa shape index (κ3) is 3.52. The summed E-state index contributed by atoms with van der Waals surface area (Å²) in [4.78, 5) is 11.8. The van der Waals surface area contributed by atoms with Crippen LogP contribution in [-0.2, 0) is 13.0 Å². The molecule has 1 heterocycles. The van der Waals surface area contributed by atoms with Gasteiger partial charge < -0.3 is 5.32 Å². The maximum absolute atomic E-state index is 11.8. The molecular weight excluding hydrogens is 297 g/mol. The van der Waals surface area contributed by atoms with E-state index >= 15 is 0 Å². The molecule has 0 spiro atoms. The van der Waals surface area contributed by atoms with Gasteiger partial charge in [0.25, 0.3) is 5.56 Å². The van der Waals surface area contributed by atoms with E-state index in [0.29, 0.717) is 18.8 Å². The van der Waals surface area contributed by atoms with Gasteiger partial charge in [-0.2, -0.15) is 5.10 Å². The van der Waals surface area contributed by atoms with Crippen molar-refractivity contribution in [3.05, 3.63) is 56.4 Å². The molecule has 0 saturated heterocycles. The molecule has 106 valence electrons. The fourth-order valence-electron chi connectivity index (χ4n) is 1.81. The van der Waals surface area contributed by atoms with Crippen molar-refractivity contribution < 1.29 is 0 Å². The van der Waals surface area contributed by atoms with E-state index in [1.54, 1.807) is 6.20 Å². The number of aryl methyl sites for hydroxylation is 1. The van der Waals surface area contributed by atoms with Gasteiger partial charge in [-0.15, -0.1) is 0 Å². The first-order valence-electron chi connectivity index (χ1n) is 6.35. The number of aromatic nitrogens is 2. The minimum atomic E-state index is -0.273. The first-order chi connectivity index (χ1) is 9.61. The number of rotatable bonds is 5. The van der Waals surface area contributed by atoms with Crippen LogP contribution < -0.4 is 10.9 Å². The molecule has 0 saturated carbocycles. The standard InChI is InChI=1S/C14H15Cl2N3O/c1-2-19-14(20)13(16)12(9-18-19)17-8-7-10-3-5-11(15)6-4-10/h3-6,9,17H,2,7-8H2,1H3. The minimum Gasteiger partial charge on any atom is -0.382 e. The zero-order chi connectivity index (χ0) is 14.5. The molecule has 2 rings (SSSR count). The van der Waals surface area contributed by atoms with Crippen molar-refractivity contribution >= 4 is 28.9 Å². The number of anilines is 1. The molecule has 1 N–H and O–H groups in total. The van der Waals surface area contributed by atoms with Crippen LogP contribution in [0.3, 0.4) is 0 Å². The van der Waals surface area contributed by atoms with Crippen LogP contribution in [-0.4, -0.2) is 16.3 Å². The highest BCUT2D eigenvalue weighted by Crippen LogP contribution is 2.15. The Morgan fingerprint density at radius 3 is 2.60 bits per heavy atom. The number of nitrogens with zero attached hydrogens (tertiary/aromatic N) is 2. The van der Waals surface area contributed by atoms with Crippen molar-refractivity contribution in [1.82, 2.24) is 9.78 Å². The van der Waals surface area contributed by atoms with Crippen LogP contribution in [0.1, 0.15) is 12.5 Å². The summed E-state index contributed by atoms with van der Waals surface area (Å²) in [6.45, 7) is 3.01. The van der Waals surface area contributed by atoms with Gasteiger partial charge >= 0.3 is 0 Å². The Morgan fingerprint density at radius 1 is 1.25 bits per heavy atom. The lowest BCUT2D eigenvalue weighted by Gasteiger charge is -2.09. The Hall–Kier alpha value is -1.52. The predicted molar refractivity (Wildman–Crippen MR) is 82.8 cm³/mol. The van der Waals surface area contributed by atoms with Gasteiger partial charge in [-0.05, 0) is 31.0 Å². The fraction of sp³-hybridized carbons (Fsp3) is 0.286. The summed E-state index contributed by atoms with van der Waals surface area (Å²) in [6, 6.07) is 7.65. The van der Waals surface area contributed by atoms with Crippen molar-refractivity contribution in [2.45, 2.75) is 19.9 Å². The third-order valence-electron chi connectivity index (χ3n) is 2.93. The zero-order valence-electron chi connectivity index (χ0n) is 11.1. The Kier molecular flexibility index (Phi) is 5.04. The Bertz CT molecular complexity index is 638. The van der Waals surface area contributed by atoms with Crippen LogP contribution in [0.25, 0.3) is 0 Å². The van der Waals surface area contributed by atoms with Crippen LogP contribution in [0.2, 0.25) is 10.0 Å². The molecule has 1 aromatic carbocycles. The average Bonchev–Trinajstić information content (AvgIpc) is 2.46. The zero-order valence-corrected chi connectivity index (χ0v) is 12.6. The van der Waals surface area contributed by atoms with Gasteiger partial charge in [0.15, 0.2) is 0 Å². The van der Waals surface area contributed by atoms with Crippen molar-refractivity contribution in [1.29, 1.82) is 0 Å². The van der Waals surface area contributed by atoms with E-state index in [9.17, 15) is 4.79 Å². The molecule has 0 amide bonds. The highest BCUT2D eigenvalue weighted by Gasteiger charge is 2.07. The van der Waals surface area contributed by atoms with Gasteiger partial charge in [-0.1, -0.05) is 35.3 Å². The molecule has 1 aromatic heterocycles. The molecule has 0 aliphatic heterocycles. The quantitative estimate of drug-likeness (QED) is 0.922. The van der Waals surface area contributed by atoms with E-state index < -0.39 is 0 Å². The van der Waals surface area contributed by atoms with E-state index in [4.69, 9.17) is 23.2 Å². The molecular formula is C14H15Cl2N3O. The summed E-state index contributed by atoms with van der Waals surface area (Å²) in [7, 11) is 0. The molecule has 4 nitrogen and oxygen atoms in total. The molecule has 2 aromatic rings. The first-order valence-corrected chi connectivity index (χ1v) is 7.11. The van der Waals surface area contributed by atoms with Crippen molar-refractivity contribution in [2.75, 3.05) is 11.9 Å². The Balaban J connectivity index is 1.99. The van der Waals surface area contributed by atoms with Gasteiger partial charge in [0.1, 0.15) is 5.02 Å². The summed E-state index contributed by atoms with van der Waals surface area (Å²) in [5, 5.41) is 8.06. The normalized spacial score (nSPS) is 10.6. The summed E-state index contributed by atoms with van der Waals surface area (Å²) in [5.41, 5.74) is 1.45. The molecule has 0 aliphatic rings. The topological polar surface area (TPSA) is 46.9 Å². The van der Waals surface area contributed by atoms with Crippen LogP contribution in [0, 0.1) is 0 Å². The summed E-state index contributed by atoms with van der Waals surface area (Å²) >= 11 is 11.9. The first kappa shape index (κ1) is 14.9. The van der Waals surface area contributed by atoms with E-state index in [-0.39, 0.29) is 10.6 Å². The maximum Gasteiger partial charge on any atom is 0.287 e. The number of nitrogens with one attached hydrogen (secondary N) is 1. The second kappa shape index (κ2) is 6.77. The molecule has 0 unspecified atom stereocenters. The summed E-state index contributed by atoms with van der Waals surface area (Å²) < 4.78 is 1.33. The molecule has 0 aliphatic carbocycles. The lowest BCUT2D eigenvalue weighted by atomic mass is 10.1. The number of hydrogen-bond acceptors (Lipinski definition) is 3. The lowest BCUT2D eigenvalue weighted by molar-refractivity contribution is 0.616. The Labute approximate surface area is 127 Å². The monoisotopic (exact) mass is 311 g/mol. The lowest BCUT2D eigenvalue weighted by Crippen LogP contribution is -2.23. The molecule has 20 heavy (non-hydrogen) atoms. The largest absolute Gasteiger partial charge is 0.382 e. The van der Waals surface area contributed by atoms with Crippen LogP contribution in [0.15, 0.2) is 35.3 Å². The van der Waals surface area contributed by atoms with E-state index in [1.807, 2.05) is 31.2 Å². The number of benzene rings is 1. The maximum atomic E-state index is 11.8. The number of halogens is 2. The number of hydrogen-bond donors (Lipinski definition) is 1. The second-order valence-corrected chi connectivity index (χ2v) is 5.11. The van der Waals surface area contributed by atoms with E-state index in [2.05, 4.69) is 10.4 Å². The van der Waals surface area contributed by atoms with Gasteiger partial charge in [-0.3, -0.25) is 4.79 Å². The molecule has 6 heteroatoms. The van der Waals surface area contributed by atoms with Gasteiger partial charge in [0.2, 0.25) is 0 Å². The fourth-order valence-corrected chi connectivity index (χ4v) is 2.15. The van der Waals surface area contributed by atoms with Crippen molar-refractivity contribution in [3.63, 3.8) is 0 Å². The highest BCUT2D eigenvalue weighted by molar-refractivity contribution is 6.32. The smallest absolute Gasteiger partial charge is 0.287 e. The molecule has 0 bridgehead atoms. The molecule has 0 fully saturated rings. The van der Waals surface area contributed by atoms with E-state index in [0.717, 1.165) is 17.0 Å². The van der Waals surface area contributed by atoms with Crippen LogP contribution in [0.5, 0.6) is 0 Å². The third-order valence-corrected chi connectivity index (χ3v) is 3.54. The van der Waals surface area contributed by atoms with Gasteiger partial charge in [0.05, 0.1) is 11.9 Å². The van der Waals surface area contributed by atoms with E-state index in [1.165, 1.54) is 4.68 Å². The highest BCUT2D eigenvalue weighted by atomic mass is 35.5. The van der Waals surface area contributed by atoms with Gasteiger partial charge in [0, 0.05) is 18.1 Å². The SMILES string of the molecule is CCn1ncc(NCCc2ccc(Cl)cc2)c(Cl)c1=O. The Morgan fingerprint density at radius 2 is 1.95 bits per heavy atom. The second-order valence-electron chi connectivity index (χ2n) is 4.30. The van der Waals surface area contributed by atoms with Crippen LogP contribution in [0.4, 0.5) is 5.69 Å². The molecule has 0 atom stereocenters.